The largest absolute Gasteiger partial charge is 0.491 e. The zero-order valence-electron chi connectivity index (χ0n) is 11.6. The quantitative estimate of drug-likeness (QED) is 0.745. The number of ether oxygens (including phenoxy) is 2. The zero-order chi connectivity index (χ0) is 12.9. The molecule has 1 aromatic rings. The lowest BCUT2D eigenvalue weighted by Gasteiger charge is -2.32. The summed E-state index contributed by atoms with van der Waals surface area (Å²) in [5.41, 5.74) is -0.112. The van der Waals surface area contributed by atoms with Crippen LogP contribution in [-0.2, 0) is 4.74 Å². The van der Waals surface area contributed by atoms with E-state index in [1.54, 1.807) is 0 Å². The highest BCUT2D eigenvalue weighted by atomic mass is 16.5. The maximum absolute atomic E-state index is 6.00. The third-order valence-corrected chi connectivity index (χ3v) is 3.12. The molecule has 1 rings (SSSR count). The molecule has 1 aromatic carbocycles. The molecule has 96 valence electrons. The van der Waals surface area contributed by atoms with E-state index < -0.39 is 0 Å². The molecule has 0 heterocycles. The van der Waals surface area contributed by atoms with Crippen LogP contribution in [0.15, 0.2) is 30.3 Å². The normalized spacial score (nSPS) is 13.8. The molecule has 0 aliphatic rings. The summed E-state index contributed by atoms with van der Waals surface area (Å²) in [5, 5.41) is 0. The molecule has 0 N–H and O–H groups in total. The van der Waals surface area contributed by atoms with Gasteiger partial charge in [-0.3, -0.25) is 0 Å². The highest BCUT2D eigenvalue weighted by molar-refractivity contribution is 5.20. The predicted octanol–water partition coefficient (Wildman–Crippen LogP) is 3.91. The number of benzene rings is 1. The minimum Gasteiger partial charge on any atom is -0.491 e. The Hall–Kier alpha value is -1.02. The SMILES string of the molecule is CC(COc1ccccc1)OC(C)(C)C(C)C. The molecule has 0 fully saturated rings. The van der Waals surface area contributed by atoms with Crippen molar-refractivity contribution in [2.24, 2.45) is 5.92 Å². The van der Waals surface area contributed by atoms with Crippen molar-refractivity contribution >= 4 is 0 Å². The van der Waals surface area contributed by atoms with Crippen LogP contribution in [0.25, 0.3) is 0 Å². The van der Waals surface area contributed by atoms with Crippen LogP contribution in [-0.4, -0.2) is 18.3 Å². The van der Waals surface area contributed by atoms with Gasteiger partial charge >= 0.3 is 0 Å². The van der Waals surface area contributed by atoms with Crippen LogP contribution in [0, 0.1) is 5.92 Å². The zero-order valence-corrected chi connectivity index (χ0v) is 11.6. The Labute approximate surface area is 105 Å². The molecule has 0 aromatic heterocycles. The summed E-state index contributed by atoms with van der Waals surface area (Å²) in [7, 11) is 0. The number of para-hydroxylation sites is 1. The molecule has 0 aliphatic carbocycles. The first-order valence-electron chi connectivity index (χ1n) is 6.27. The summed E-state index contributed by atoms with van der Waals surface area (Å²) >= 11 is 0. The van der Waals surface area contributed by atoms with Crippen molar-refractivity contribution in [1.29, 1.82) is 0 Å². The van der Waals surface area contributed by atoms with Crippen molar-refractivity contribution in [2.45, 2.75) is 46.3 Å². The smallest absolute Gasteiger partial charge is 0.119 e. The summed E-state index contributed by atoms with van der Waals surface area (Å²) < 4.78 is 11.7. The standard InChI is InChI=1S/C15H24O2/c1-12(2)15(4,5)17-13(3)11-16-14-9-7-6-8-10-14/h6-10,12-13H,11H2,1-5H3. The van der Waals surface area contributed by atoms with Crippen molar-refractivity contribution in [2.75, 3.05) is 6.61 Å². The Bertz CT molecular complexity index is 317. The monoisotopic (exact) mass is 236 g/mol. The maximum Gasteiger partial charge on any atom is 0.119 e. The first kappa shape index (κ1) is 14.0. The number of rotatable bonds is 6. The predicted molar refractivity (Wildman–Crippen MR) is 71.4 cm³/mol. The van der Waals surface area contributed by atoms with Crippen LogP contribution >= 0.6 is 0 Å². The molecule has 0 spiro atoms. The van der Waals surface area contributed by atoms with Crippen LogP contribution in [0.2, 0.25) is 0 Å². The first-order valence-corrected chi connectivity index (χ1v) is 6.27. The van der Waals surface area contributed by atoms with Gasteiger partial charge in [0.15, 0.2) is 0 Å². The first-order chi connectivity index (χ1) is 7.92. The van der Waals surface area contributed by atoms with Gasteiger partial charge in [-0.2, -0.15) is 0 Å². The third-order valence-electron chi connectivity index (χ3n) is 3.12. The van der Waals surface area contributed by atoms with Gasteiger partial charge in [0.2, 0.25) is 0 Å². The van der Waals surface area contributed by atoms with E-state index in [4.69, 9.17) is 9.47 Å². The van der Waals surface area contributed by atoms with E-state index in [-0.39, 0.29) is 11.7 Å². The Morgan fingerprint density at radius 1 is 1.06 bits per heavy atom. The van der Waals surface area contributed by atoms with Gasteiger partial charge in [0.1, 0.15) is 12.4 Å². The summed E-state index contributed by atoms with van der Waals surface area (Å²) in [6.07, 6.45) is 0.0904. The van der Waals surface area contributed by atoms with E-state index in [9.17, 15) is 0 Å². The van der Waals surface area contributed by atoms with Gasteiger partial charge in [-0.05, 0) is 38.8 Å². The van der Waals surface area contributed by atoms with Gasteiger partial charge in [0.25, 0.3) is 0 Å². The van der Waals surface area contributed by atoms with Crippen LogP contribution < -0.4 is 4.74 Å². The molecule has 17 heavy (non-hydrogen) atoms. The Morgan fingerprint density at radius 3 is 2.18 bits per heavy atom. The van der Waals surface area contributed by atoms with Gasteiger partial charge in [-0.1, -0.05) is 32.0 Å². The van der Waals surface area contributed by atoms with Crippen LogP contribution in [0.1, 0.15) is 34.6 Å². The molecule has 0 radical (unpaired) electrons. The van der Waals surface area contributed by atoms with Crippen molar-refractivity contribution < 1.29 is 9.47 Å². The number of hydrogen-bond acceptors (Lipinski definition) is 2. The average molecular weight is 236 g/mol. The van der Waals surface area contributed by atoms with Crippen molar-refractivity contribution in [1.82, 2.24) is 0 Å². The minimum atomic E-state index is -0.112. The molecule has 0 aliphatic heterocycles. The molecule has 1 atom stereocenters. The van der Waals surface area contributed by atoms with E-state index in [1.807, 2.05) is 37.3 Å². The van der Waals surface area contributed by atoms with Crippen LogP contribution in [0.5, 0.6) is 5.75 Å². The molecule has 0 bridgehead atoms. The lowest BCUT2D eigenvalue weighted by Crippen LogP contribution is -2.36. The second-order valence-electron chi connectivity index (χ2n) is 5.31. The summed E-state index contributed by atoms with van der Waals surface area (Å²) in [4.78, 5) is 0. The second kappa shape index (κ2) is 6.06. The molecule has 1 unspecified atom stereocenters. The molecule has 2 nitrogen and oxygen atoms in total. The van der Waals surface area contributed by atoms with Crippen molar-refractivity contribution in [3.63, 3.8) is 0 Å². The van der Waals surface area contributed by atoms with Gasteiger partial charge in [0, 0.05) is 0 Å². The summed E-state index contributed by atoms with van der Waals surface area (Å²) in [6.45, 7) is 11.2. The van der Waals surface area contributed by atoms with E-state index in [0.29, 0.717) is 12.5 Å². The highest BCUT2D eigenvalue weighted by Gasteiger charge is 2.25. The van der Waals surface area contributed by atoms with Gasteiger partial charge < -0.3 is 9.47 Å². The van der Waals surface area contributed by atoms with E-state index in [1.165, 1.54) is 0 Å². The highest BCUT2D eigenvalue weighted by Crippen LogP contribution is 2.22. The van der Waals surface area contributed by atoms with E-state index in [2.05, 4.69) is 27.7 Å². The fraction of sp³-hybridized carbons (Fsp3) is 0.600. The second-order valence-corrected chi connectivity index (χ2v) is 5.31. The molecule has 2 heteroatoms. The van der Waals surface area contributed by atoms with Crippen molar-refractivity contribution in [3.05, 3.63) is 30.3 Å². The Kier molecular flexibility index (Phi) is 5.01. The fourth-order valence-electron chi connectivity index (χ4n) is 1.42. The van der Waals surface area contributed by atoms with Gasteiger partial charge in [-0.15, -0.1) is 0 Å². The average Bonchev–Trinajstić information content (AvgIpc) is 2.27. The fourth-order valence-corrected chi connectivity index (χ4v) is 1.42. The van der Waals surface area contributed by atoms with Crippen LogP contribution in [0.4, 0.5) is 0 Å². The lowest BCUT2D eigenvalue weighted by atomic mass is 9.94. The molecular formula is C15H24O2. The third kappa shape index (κ3) is 4.78. The molecule has 0 saturated heterocycles. The Balaban J connectivity index is 2.38. The summed E-state index contributed by atoms with van der Waals surface area (Å²) in [6, 6.07) is 9.84. The van der Waals surface area contributed by atoms with Gasteiger partial charge in [-0.25, -0.2) is 0 Å². The van der Waals surface area contributed by atoms with E-state index >= 15 is 0 Å². The van der Waals surface area contributed by atoms with Gasteiger partial charge in [0.05, 0.1) is 11.7 Å². The molecule has 0 amide bonds. The van der Waals surface area contributed by atoms with Crippen molar-refractivity contribution in [3.8, 4) is 5.75 Å². The topological polar surface area (TPSA) is 18.5 Å². The number of hydrogen-bond donors (Lipinski definition) is 0. The lowest BCUT2D eigenvalue weighted by molar-refractivity contribution is -0.102. The summed E-state index contributed by atoms with van der Waals surface area (Å²) in [5.74, 6) is 1.38. The molecule has 0 saturated carbocycles. The minimum absolute atomic E-state index is 0.0904. The maximum atomic E-state index is 6.00. The van der Waals surface area contributed by atoms with E-state index in [0.717, 1.165) is 5.75 Å². The van der Waals surface area contributed by atoms with Crippen LogP contribution in [0.3, 0.4) is 0 Å². The molecular weight excluding hydrogens is 212 g/mol. The Morgan fingerprint density at radius 2 is 1.65 bits per heavy atom.